The topological polar surface area (TPSA) is 61.0 Å². The zero-order valence-electron chi connectivity index (χ0n) is 8.13. The van der Waals surface area contributed by atoms with Gasteiger partial charge in [-0.15, -0.1) is 0 Å². The van der Waals surface area contributed by atoms with Crippen LogP contribution in [0.2, 0.25) is 0 Å². The predicted octanol–water partition coefficient (Wildman–Crippen LogP) is 1.73. The molecule has 4 nitrogen and oxygen atoms in total. The molecule has 15 heavy (non-hydrogen) atoms. The Bertz CT molecular complexity index is 414. The van der Waals surface area contributed by atoms with E-state index in [4.69, 9.17) is 10.5 Å². The van der Waals surface area contributed by atoms with E-state index in [1.807, 2.05) is 24.3 Å². The standard InChI is InChI=1S/C11H11N3O/c12-7-9-1-3-10(4-2-9)15-11-8-13-5-6-14-11/h1-6,8H,7,12H2. The zero-order valence-corrected chi connectivity index (χ0v) is 8.13. The third-order valence-electron chi connectivity index (χ3n) is 1.92. The summed E-state index contributed by atoms with van der Waals surface area (Å²) in [5, 5.41) is 0. The number of nitrogens with two attached hydrogens (primary N) is 1. The molecule has 4 heteroatoms. The first kappa shape index (κ1) is 9.61. The summed E-state index contributed by atoms with van der Waals surface area (Å²) in [4.78, 5) is 7.91. The molecule has 1 heterocycles. The second-order valence-electron chi connectivity index (χ2n) is 2.99. The molecule has 0 amide bonds. The van der Waals surface area contributed by atoms with Crippen LogP contribution in [0.25, 0.3) is 0 Å². The van der Waals surface area contributed by atoms with Gasteiger partial charge in [0.2, 0.25) is 5.88 Å². The largest absolute Gasteiger partial charge is 0.438 e. The smallest absolute Gasteiger partial charge is 0.237 e. The Labute approximate surface area is 87.7 Å². The van der Waals surface area contributed by atoms with Gasteiger partial charge in [0.05, 0.1) is 6.20 Å². The summed E-state index contributed by atoms with van der Waals surface area (Å²) in [6.07, 6.45) is 4.75. The lowest BCUT2D eigenvalue weighted by Gasteiger charge is -2.04. The van der Waals surface area contributed by atoms with E-state index in [1.165, 1.54) is 0 Å². The van der Waals surface area contributed by atoms with Crippen molar-refractivity contribution in [3.63, 3.8) is 0 Å². The van der Waals surface area contributed by atoms with Crippen LogP contribution in [0.3, 0.4) is 0 Å². The number of nitrogens with zero attached hydrogens (tertiary/aromatic N) is 2. The molecule has 2 rings (SSSR count). The minimum atomic E-state index is 0.484. The van der Waals surface area contributed by atoms with Gasteiger partial charge in [0, 0.05) is 18.9 Å². The molecule has 1 aromatic carbocycles. The van der Waals surface area contributed by atoms with Gasteiger partial charge in [0.1, 0.15) is 5.75 Å². The predicted molar refractivity (Wildman–Crippen MR) is 56.4 cm³/mol. The van der Waals surface area contributed by atoms with Gasteiger partial charge in [-0.25, -0.2) is 4.98 Å². The highest BCUT2D eigenvalue weighted by Gasteiger charge is 1.97. The van der Waals surface area contributed by atoms with Gasteiger partial charge in [-0.3, -0.25) is 4.98 Å². The normalized spacial score (nSPS) is 9.93. The van der Waals surface area contributed by atoms with Crippen molar-refractivity contribution in [2.24, 2.45) is 5.73 Å². The molecule has 0 fully saturated rings. The molecule has 0 unspecified atom stereocenters. The molecular weight excluding hydrogens is 190 g/mol. The summed E-state index contributed by atoms with van der Waals surface area (Å²) in [5.41, 5.74) is 6.56. The first-order chi connectivity index (χ1) is 7.38. The molecule has 0 atom stereocenters. The number of hydrogen-bond acceptors (Lipinski definition) is 4. The van der Waals surface area contributed by atoms with E-state index in [9.17, 15) is 0 Å². The monoisotopic (exact) mass is 201 g/mol. The highest BCUT2D eigenvalue weighted by molar-refractivity contribution is 5.29. The Morgan fingerprint density at radius 1 is 1.13 bits per heavy atom. The van der Waals surface area contributed by atoms with Crippen molar-refractivity contribution >= 4 is 0 Å². The fraction of sp³-hybridized carbons (Fsp3) is 0.0909. The summed E-state index contributed by atoms with van der Waals surface area (Å²) >= 11 is 0. The molecule has 0 saturated heterocycles. The van der Waals surface area contributed by atoms with E-state index in [0.29, 0.717) is 12.4 Å². The van der Waals surface area contributed by atoms with Crippen molar-refractivity contribution < 1.29 is 4.74 Å². The van der Waals surface area contributed by atoms with Crippen molar-refractivity contribution in [3.05, 3.63) is 48.4 Å². The summed E-state index contributed by atoms with van der Waals surface area (Å²) in [6, 6.07) is 7.56. The molecule has 0 bridgehead atoms. The van der Waals surface area contributed by atoms with Gasteiger partial charge in [0.15, 0.2) is 0 Å². The van der Waals surface area contributed by atoms with Gasteiger partial charge in [-0.2, -0.15) is 0 Å². The third-order valence-corrected chi connectivity index (χ3v) is 1.92. The maximum Gasteiger partial charge on any atom is 0.237 e. The molecule has 0 aliphatic carbocycles. The molecule has 0 aliphatic rings. The summed E-state index contributed by atoms with van der Waals surface area (Å²) in [5.74, 6) is 1.21. The number of benzene rings is 1. The van der Waals surface area contributed by atoms with Crippen LogP contribution in [0.15, 0.2) is 42.9 Å². The molecule has 1 aromatic heterocycles. The summed E-state index contributed by atoms with van der Waals surface area (Å²) in [7, 11) is 0. The highest BCUT2D eigenvalue weighted by atomic mass is 16.5. The second kappa shape index (κ2) is 4.52. The minimum absolute atomic E-state index is 0.484. The van der Waals surface area contributed by atoms with Gasteiger partial charge < -0.3 is 10.5 Å². The average Bonchev–Trinajstić information content (AvgIpc) is 2.31. The lowest BCUT2D eigenvalue weighted by molar-refractivity contribution is 0.460. The van der Waals surface area contributed by atoms with Crippen molar-refractivity contribution in [2.45, 2.75) is 6.54 Å². The van der Waals surface area contributed by atoms with Gasteiger partial charge in [-0.1, -0.05) is 12.1 Å². The number of rotatable bonds is 3. The molecular formula is C11H11N3O. The molecule has 0 radical (unpaired) electrons. The number of aromatic nitrogens is 2. The molecule has 0 saturated carbocycles. The second-order valence-corrected chi connectivity index (χ2v) is 2.99. The fourth-order valence-corrected chi connectivity index (χ4v) is 1.15. The van der Waals surface area contributed by atoms with Gasteiger partial charge >= 0.3 is 0 Å². The van der Waals surface area contributed by atoms with Crippen LogP contribution in [0.5, 0.6) is 11.6 Å². The number of hydrogen-bond donors (Lipinski definition) is 1. The van der Waals surface area contributed by atoms with Crippen molar-refractivity contribution in [3.8, 4) is 11.6 Å². The summed E-state index contributed by atoms with van der Waals surface area (Å²) < 4.78 is 5.46. The van der Waals surface area contributed by atoms with Gasteiger partial charge in [0.25, 0.3) is 0 Å². The number of ether oxygens (including phenoxy) is 1. The average molecular weight is 201 g/mol. The Hall–Kier alpha value is -1.94. The molecule has 0 aliphatic heterocycles. The lowest BCUT2D eigenvalue weighted by Crippen LogP contribution is -1.95. The van der Waals surface area contributed by atoms with E-state index in [1.54, 1.807) is 18.6 Å². The highest BCUT2D eigenvalue weighted by Crippen LogP contribution is 2.18. The maximum atomic E-state index is 5.49. The van der Waals surface area contributed by atoms with E-state index in [2.05, 4.69) is 9.97 Å². The lowest BCUT2D eigenvalue weighted by atomic mass is 10.2. The van der Waals surface area contributed by atoms with Crippen molar-refractivity contribution in [1.29, 1.82) is 0 Å². The molecule has 2 aromatic rings. The third kappa shape index (κ3) is 2.51. The Morgan fingerprint density at radius 2 is 1.93 bits per heavy atom. The van der Waals surface area contributed by atoms with Gasteiger partial charge in [-0.05, 0) is 17.7 Å². The zero-order chi connectivity index (χ0) is 10.5. The maximum absolute atomic E-state index is 5.49. The van der Waals surface area contributed by atoms with Crippen LogP contribution in [0.4, 0.5) is 0 Å². The Morgan fingerprint density at radius 3 is 2.53 bits per heavy atom. The fourth-order valence-electron chi connectivity index (χ4n) is 1.15. The van der Waals surface area contributed by atoms with E-state index < -0.39 is 0 Å². The van der Waals surface area contributed by atoms with Crippen LogP contribution >= 0.6 is 0 Å². The minimum Gasteiger partial charge on any atom is -0.438 e. The van der Waals surface area contributed by atoms with Crippen molar-refractivity contribution in [1.82, 2.24) is 9.97 Å². The Balaban J connectivity index is 2.11. The first-order valence-corrected chi connectivity index (χ1v) is 4.61. The SMILES string of the molecule is NCc1ccc(Oc2cnccn2)cc1. The van der Waals surface area contributed by atoms with Crippen LogP contribution in [0, 0.1) is 0 Å². The van der Waals surface area contributed by atoms with Crippen molar-refractivity contribution in [2.75, 3.05) is 0 Å². The Kier molecular flexibility index (Phi) is 2.90. The first-order valence-electron chi connectivity index (χ1n) is 4.61. The van der Waals surface area contributed by atoms with Crippen LogP contribution in [0.1, 0.15) is 5.56 Å². The van der Waals surface area contributed by atoms with Crippen LogP contribution in [-0.4, -0.2) is 9.97 Å². The molecule has 0 spiro atoms. The molecule has 2 N–H and O–H groups in total. The molecule has 76 valence electrons. The van der Waals surface area contributed by atoms with E-state index >= 15 is 0 Å². The van der Waals surface area contributed by atoms with Crippen LogP contribution in [-0.2, 0) is 6.54 Å². The van der Waals surface area contributed by atoms with E-state index in [0.717, 1.165) is 11.3 Å². The quantitative estimate of drug-likeness (QED) is 0.821. The summed E-state index contributed by atoms with van der Waals surface area (Å²) in [6.45, 7) is 0.533. The van der Waals surface area contributed by atoms with Crippen LogP contribution < -0.4 is 10.5 Å². The van der Waals surface area contributed by atoms with E-state index in [-0.39, 0.29) is 0 Å².